The Hall–Kier alpha value is -1.09. The normalized spacial score (nSPS) is 10.1. The Morgan fingerprint density at radius 2 is 2.23 bits per heavy atom. The predicted octanol–water partition coefficient (Wildman–Crippen LogP) is 2.11. The number of nitrogens with two attached hydrogens (primary N) is 1. The molecule has 0 aliphatic rings. The zero-order valence-corrected chi connectivity index (χ0v) is 7.81. The highest BCUT2D eigenvalue weighted by Gasteiger charge is 2.04. The van der Waals surface area contributed by atoms with E-state index in [1.807, 2.05) is 6.07 Å². The van der Waals surface area contributed by atoms with Gasteiger partial charge in [0, 0.05) is 24.3 Å². The minimum Gasteiger partial charge on any atom is -0.385 e. The number of hydrogen-bond acceptors (Lipinski definition) is 2. The van der Waals surface area contributed by atoms with E-state index in [1.54, 1.807) is 6.07 Å². The van der Waals surface area contributed by atoms with Gasteiger partial charge in [-0.2, -0.15) is 0 Å². The van der Waals surface area contributed by atoms with Gasteiger partial charge in [-0.25, -0.2) is 4.39 Å². The van der Waals surface area contributed by atoms with Crippen molar-refractivity contribution < 1.29 is 4.39 Å². The number of hydrogen-bond donors (Lipinski definition) is 2. The first-order valence-electron chi connectivity index (χ1n) is 4.51. The van der Waals surface area contributed by atoms with Gasteiger partial charge in [-0.15, -0.1) is 0 Å². The van der Waals surface area contributed by atoms with Crippen molar-refractivity contribution in [2.24, 2.45) is 5.73 Å². The van der Waals surface area contributed by atoms with Crippen molar-refractivity contribution in [3.8, 4) is 0 Å². The second kappa shape index (κ2) is 4.82. The summed E-state index contributed by atoms with van der Waals surface area (Å²) in [5.41, 5.74) is 6.82. The van der Waals surface area contributed by atoms with Crippen LogP contribution in [0, 0.1) is 5.82 Å². The molecule has 0 saturated heterocycles. The van der Waals surface area contributed by atoms with Crippen LogP contribution in [0.2, 0.25) is 0 Å². The molecule has 1 rings (SSSR count). The van der Waals surface area contributed by atoms with Crippen molar-refractivity contribution >= 4 is 5.69 Å². The highest BCUT2D eigenvalue weighted by Crippen LogP contribution is 2.17. The van der Waals surface area contributed by atoms with E-state index in [0.29, 0.717) is 5.56 Å². The zero-order chi connectivity index (χ0) is 9.68. The largest absolute Gasteiger partial charge is 0.385 e. The fraction of sp³-hybridized carbons (Fsp3) is 0.400. The van der Waals surface area contributed by atoms with E-state index in [1.165, 1.54) is 6.07 Å². The molecule has 3 N–H and O–H groups in total. The van der Waals surface area contributed by atoms with Crippen molar-refractivity contribution in [3.05, 3.63) is 29.6 Å². The molecule has 0 spiro atoms. The van der Waals surface area contributed by atoms with Crippen LogP contribution in [0.1, 0.15) is 18.9 Å². The maximum absolute atomic E-state index is 13.2. The smallest absolute Gasteiger partial charge is 0.129 e. The van der Waals surface area contributed by atoms with Crippen LogP contribution in [0.25, 0.3) is 0 Å². The monoisotopic (exact) mass is 182 g/mol. The standard InChI is InChI=1S/C10H15FN2/c1-2-6-13-10-5-3-4-9(11)8(10)7-12/h3-5,13H,2,6-7,12H2,1H3. The SMILES string of the molecule is CCCNc1cccc(F)c1CN. The highest BCUT2D eigenvalue weighted by atomic mass is 19.1. The molecule has 0 fully saturated rings. The summed E-state index contributed by atoms with van der Waals surface area (Å²) >= 11 is 0. The lowest BCUT2D eigenvalue weighted by Gasteiger charge is -2.10. The topological polar surface area (TPSA) is 38.0 Å². The second-order valence-electron chi connectivity index (χ2n) is 2.90. The molecule has 3 heteroatoms. The molecule has 0 radical (unpaired) electrons. The molecule has 0 heterocycles. The van der Waals surface area contributed by atoms with Gasteiger partial charge in [0.25, 0.3) is 0 Å². The lowest BCUT2D eigenvalue weighted by molar-refractivity contribution is 0.611. The van der Waals surface area contributed by atoms with Gasteiger partial charge in [0.15, 0.2) is 0 Å². The second-order valence-corrected chi connectivity index (χ2v) is 2.90. The number of anilines is 1. The van der Waals surface area contributed by atoms with Crippen LogP contribution < -0.4 is 11.1 Å². The van der Waals surface area contributed by atoms with Crippen LogP contribution in [0.3, 0.4) is 0 Å². The minimum atomic E-state index is -0.233. The molecule has 0 aliphatic carbocycles. The Morgan fingerprint density at radius 3 is 2.85 bits per heavy atom. The fourth-order valence-electron chi connectivity index (χ4n) is 1.19. The van der Waals surface area contributed by atoms with Gasteiger partial charge in [-0.3, -0.25) is 0 Å². The molecule has 0 atom stereocenters. The molecule has 0 aromatic heterocycles. The van der Waals surface area contributed by atoms with Gasteiger partial charge in [0.05, 0.1) is 0 Å². The molecule has 0 unspecified atom stereocenters. The van der Waals surface area contributed by atoms with E-state index in [2.05, 4.69) is 12.2 Å². The Labute approximate surface area is 77.9 Å². The molecule has 1 aromatic rings. The summed E-state index contributed by atoms with van der Waals surface area (Å²) in [5.74, 6) is -0.233. The molecule has 0 aliphatic heterocycles. The van der Waals surface area contributed by atoms with Crippen LogP contribution in [0.4, 0.5) is 10.1 Å². The van der Waals surface area contributed by atoms with E-state index in [0.717, 1.165) is 18.7 Å². The summed E-state index contributed by atoms with van der Waals surface area (Å²) in [4.78, 5) is 0. The maximum atomic E-state index is 13.2. The summed E-state index contributed by atoms with van der Waals surface area (Å²) in [5, 5.41) is 3.13. The third kappa shape index (κ3) is 2.42. The van der Waals surface area contributed by atoms with E-state index in [4.69, 9.17) is 5.73 Å². The molecule has 0 saturated carbocycles. The third-order valence-electron chi connectivity index (χ3n) is 1.89. The van der Waals surface area contributed by atoms with Gasteiger partial charge in [-0.1, -0.05) is 13.0 Å². The lowest BCUT2D eigenvalue weighted by atomic mass is 10.1. The molecule has 0 amide bonds. The van der Waals surface area contributed by atoms with E-state index < -0.39 is 0 Å². The Bertz CT molecular complexity index is 274. The van der Waals surface area contributed by atoms with Crippen molar-refractivity contribution in [2.45, 2.75) is 19.9 Å². The molecular weight excluding hydrogens is 167 g/mol. The van der Waals surface area contributed by atoms with Crippen molar-refractivity contribution in [3.63, 3.8) is 0 Å². The van der Waals surface area contributed by atoms with E-state index >= 15 is 0 Å². The summed E-state index contributed by atoms with van der Waals surface area (Å²) in [6.45, 7) is 3.14. The molecule has 72 valence electrons. The molecular formula is C10H15FN2. The van der Waals surface area contributed by atoms with Crippen LogP contribution in [-0.4, -0.2) is 6.54 Å². The van der Waals surface area contributed by atoms with Crippen LogP contribution in [-0.2, 0) is 6.54 Å². The lowest BCUT2D eigenvalue weighted by Crippen LogP contribution is -2.08. The average Bonchev–Trinajstić information content (AvgIpc) is 2.15. The Balaban J connectivity index is 2.85. The maximum Gasteiger partial charge on any atom is 0.129 e. The molecule has 0 bridgehead atoms. The quantitative estimate of drug-likeness (QED) is 0.748. The van der Waals surface area contributed by atoms with E-state index in [-0.39, 0.29) is 12.4 Å². The Kier molecular flexibility index (Phi) is 3.71. The van der Waals surface area contributed by atoms with Crippen LogP contribution >= 0.6 is 0 Å². The van der Waals surface area contributed by atoms with Gasteiger partial charge < -0.3 is 11.1 Å². The van der Waals surface area contributed by atoms with Gasteiger partial charge in [0.1, 0.15) is 5.82 Å². The number of nitrogens with one attached hydrogen (secondary N) is 1. The van der Waals surface area contributed by atoms with Gasteiger partial charge in [0.2, 0.25) is 0 Å². The first-order valence-corrected chi connectivity index (χ1v) is 4.51. The zero-order valence-electron chi connectivity index (χ0n) is 7.81. The van der Waals surface area contributed by atoms with E-state index in [9.17, 15) is 4.39 Å². The summed E-state index contributed by atoms with van der Waals surface area (Å²) in [6.07, 6.45) is 1.01. The van der Waals surface area contributed by atoms with Gasteiger partial charge in [-0.05, 0) is 18.6 Å². The fourth-order valence-corrected chi connectivity index (χ4v) is 1.19. The predicted molar refractivity (Wildman–Crippen MR) is 53.1 cm³/mol. The minimum absolute atomic E-state index is 0.233. The summed E-state index contributed by atoms with van der Waals surface area (Å²) in [7, 11) is 0. The first-order chi connectivity index (χ1) is 6.29. The number of rotatable bonds is 4. The Morgan fingerprint density at radius 1 is 1.46 bits per heavy atom. The highest BCUT2D eigenvalue weighted by molar-refractivity contribution is 5.51. The molecule has 2 nitrogen and oxygen atoms in total. The van der Waals surface area contributed by atoms with Crippen molar-refractivity contribution in [1.29, 1.82) is 0 Å². The number of benzene rings is 1. The van der Waals surface area contributed by atoms with Crippen molar-refractivity contribution in [2.75, 3.05) is 11.9 Å². The van der Waals surface area contributed by atoms with Crippen LogP contribution in [0.5, 0.6) is 0 Å². The summed E-state index contributed by atoms with van der Waals surface area (Å²) in [6, 6.07) is 4.97. The number of halogens is 1. The molecule has 1 aromatic carbocycles. The third-order valence-corrected chi connectivity index (χ3v) is 1.89. The summed E-state index contributed by atoms with van der Waals surface area (Å²) < 4.78 is 13.2. The van der Waals surface area contributed by atoms with Crippen molar-refractivity contribution in [1.82, 2.24) is 0 Å². The van der Waals surface area contributed by atoms with Gasteiger partial charge >= 0.3 is 0 Å². The first kappa shape index (κ1) is 9.99. The van der Waals surface area contributed by atoms with Crippen LogP contribution in [0.15, 0.2) is 18.2 Å². The molecule has 13 heavy (non-hydrogen) atoms. The average molecular weight is 182 g/mol.